The zero-order valence-corrected chi connectivity index (χ0v) is 8.96. The second-order valence-corrected chi connectivity index (χ2v) is 3.07. The number of halogens is 2. The molecule has 0 aliphatic heterocycles. The zero-order chi connectivity index (χ0) is 7.68. The molecule has 0 unspecified atom stereocenters. The molecule has 2 N–H and O–H groups in total. The number of pyridine rings is 1. The Balaban J connectivity index is 0.000000720. The fourth-order valence-electron chi connectivity index (χ4n) is 1.69. The van der Waals surface area contributed by atoms with Crippen LogP contribution in [-0.4, -0.2) is 4.98 Å². The van der Waals surface area contributed by atoms with E-state index in [4.69, 9.17) is 5.73 Å². The molecule has 0 saturated carbocycles. The van der Waals surface area contributed by atoms with Gasteiger partial charge in [-0.3, -0.25) is 4.98 Å². The predicted octanol–water partition coefficient (Wildman–Crippen LogP) is 2.39. The lowest BCUT2D eigenvalue weighted by atomic mass is 9.92. The predicted molar refractivity (Wildman–Crippen MR) is 59.8 cm³/mol. The first-order valence-corrected chi connectivity index (χ1v) is 4.09. The summed E-state index contributed by atoms with van der Waals surface area (Å²) in [5.74, 6) is 0. The van der Waals surface area contributed by atoms with E-state index in [0.29, 0.717) is 0 Å². The van der Waals surface area contributed by atoms with E-state index in [9.17, 15) is 0 Å². The summed E-state index contributed by atoms with van der Waals surface area (Å²) in [6, 6.07) is 0. The van der Waals surface area contributed by atoms with Gasteiger partial charge in [-0.15, -0.1) is 24.8 Å². The molecule has 0 radical (unpaired) electrons. The van der Waals surface area contributed by atoms with E-state index in [2.05, 4.69) is 4.98 Å². The number of rotatable bonds is 0. The van der Waals surface area contributed by atoms with E-state index < -0.39 is 0 Å². The summed E-state index contributed by atoms with van der Waals surface area (Å²) in [4.78, 5) is 4.07. The number of aryl methyl sites for hydroxylation is 1. The van der Waals surface area contributed by atoms with Crippen molar-refractivity contribution < 1.29 is 0 Å². The molecular weight excluding hydrogens is 207 g/mol. The third kappa shape index (κ3) is 2.48. The molecule has 13 heavy (non-hydrogen) atoms. The summed E-state index contributed by atoms with van der Waals surface area (Å²) in [5, 5.41) is 0. The first-order valence-electron chi connectivity index (χ1n) is 4.09. The Morgan fingerprint density at radius 2 is 1.77 bits per heavy atom. The lowest BCUT2D eigenvalue weighted by Gasteiger charge is -2.15. The molecule has 0 spiro atoms. The van der Waals surface area contributed by atoms with Crippen molar-refractivity contribution in [2.45, 2.75) is 25.7 Å². The average molecular weight is 221 g/mol. The zero-order valence-electron chi connectivity index (χ0n) is 7.32. The molecule has 74 valence electrons. The van der Waals surface area contributed by atoms with Gasteiger partial charge in [0.15, 0.2) is 0 Å². The molecule has 0 aromatic carbocycles. The first kappa shape index (κ1) is 12.5. The Labute approximate surface area is 90.8 Å². The molecule has 4 heteroatoms. The summed E-state index contributed by atoms with van der Waals surface area (Å²) < 4.78 is 0. The van der Waals surface area contributed by atoms with Gasteiger partial charge in [0.2, 0.25) is 0 Å². The number of anilines is 1. The van der Waals surface area contributed by atoms with Crippen LogP contribution in [0.25, 0.3) is 0 Å². The molecule has 1 aliphatic rings. The highest BCUT2D eigenvalue weighted by Crippen LogP contribution is 2.24. The minimum Gasteiger partial charge on any atom is -0.397 e. The Kier molecular flexibility index (Phi) is 5.11. The molecule has 2 nitrogen and oxygen atoms in total. The van der Waals surface area contributed by atoms with Crippen LogP contribution < -0.4 is 5.73 Å². The van der Waals surface area contributed by atoms with Crippen LogP contribution in [0.15, 0.2) is 12.4 Å². The van der Waals surface area contributed by atoms with Crippen LogP contribution in [0.2, 0.25) is 0 Å². The van der Waals surface area contributed by atoms with Crippen LogP contribution in [0, 0.1) is 0 Å². The van der Waals surface area contributed by atoms with E-state index in [1.54, 1.807) is 6.20 Å². The van der Waals surface area contributed by atoms with E-state index >= 15 is 0 Å². The molecule has 1 aromatic heterocycles. The first-order chi connectivity index (χ1) is 5.38. The van der Waals surface area contributed by atoms with Crippen molar-refractivity contribution >= 4 is 30.5 Å². The largest absolute Gasteiger partial charge is 0.397 e. The van der Waals surface area contributed by atoms with Gasteiger partial charge in [0.1, 0.15) is 0 Å². The van der Waals surface area contributed by atoms with Gasteiger partial charge in [-0.25, -0.2) is 0 Å². The van der Waals surface area contributed by atoms with Crippen molar-refractivity contribution in [2.75, 3.05) is 5.73 Å². The number of fused-ring (bicyclic) bond motifs is 1. The summed E-state index contributed by atoms with van der Waals surface area (Å²) in [6.07, 6.45) is 8.57. The van der Waals surface area contributed by atoms with Gasteiger partial charge < -0.3 is 5.73 Å². The second-order valence-electron chi connectivity index (χ2n) is 3.07. The number of nitrogens with zero attached hydrogens (tertiary/aromatic N) is 1. The molecule has 2 rings (SSSR count). The van der Waals surface area contributed by atoms with E-state index in [0.717, 1.165) is 18.5 Å². The third-order valence-corrected chi connectivity index (χ3v) is 2.30. The highest BCUT2D eigenvalue weighted by molar-refractivity contribution is 5.85. The normalized spacial score (nSPS) is 13.5. The van der Waals surface area contributed by atoms with Crippen LogP contribution in [0.1, 0.15) is 24.0 Å². The van der Waals surface area contributed by atoms with Crippen LogP contribution >= 0.6 is 24.8 Å². The number of hydrogen-bond acceptors (Lipinski definition) is 2. The maximum absolute atomic E-state index is 5.78. The molecule has 0 amide bonds. The van der Waals surface area contributed by atoms with Gasteiger partial charge in [0.25, 0.3) is 0 Å². The van der Waals surface area contributed by atoms with Crippen molar-refractivity contribution in [1.82, 2.24) is 4.98 Å². The smallest absolute Gasteiger partial charge is 0.0535 e. The van der Waals surface area contributed by atoms with Gasteiger partial charge in [-0.2, -0.15) is 0 Å². The van der Waals surface area contributed by atoms with Gasteiger partial charge in [-0.05, 0) is 36.8 Å². The van der Waals surface area contributed by atoms with Crippen LogP contribution in [0.4, 0.5) is 5.69 Å². The van der Waals surface area contributed by atoms with Gasteiger partial charge in [-0.1, -0.05) is 0 Å². The van der Waals surface area contributed by atoms with Crippen molar-refractivity contribution in [2.24, 2.45) is 0 Å². The molecular formula is C9H14Cl2N2. The molecule has 1 heterocycles. The van der Waals surface area contributed by atoms with E-state index in [-0.39, 0.29) is 24.8 Å². The summed E-state index contributed by atoms with van der Waals surface area (Å²) >= 11 is 0. The van der Waals surface area contributed by atoms with Crippen LogP contribution in [-0.2, 0) is 12.8 Å². The van der Waals surface area contributed by atoms with Crippen LogP contribution in [0.5, 0.6) is 0 Å². The Hall–Kier alpha value is -0.470. The van der Waals surface area contributed by atoms with E-state index in [1.807, 2.05) is 6.20 Å². The lowest BCUT2D eigenvalue weighted by Crippen LogP contribution is -2.06. The number of aromatic nitrogens is 1. The van der Waals surface area contributed by atoms with Crippen molar-refractivity contribution in [3.05, 3.63) is 23.5 Å². The van der Waals surface area contributed by atoms with Crippen molar-refractivity contribution in [1.29, 1.82) is 0 Å². The molecule has 0 atom stereocenters. The third-order valence-electron chi connectivity index (χ3n) is 2.30. The minimum absolute atomic E-state index is 0. The second kappa shape index (κ2) is 5.30. The number of hydrogen-bond donors (Lipinski definition) is 1. The van der Waals surface area contributed by atoms with Crippen molar-refractivity contribution in [3.63, 3.8) is 0 Å². The monoisotopic (exact) mass is 220 g/mol. The Morgan fingerprint density at radius 3 is 2.46 bits per heavy atom. The van der Waals surface area contributed by atoms with E-state index in [1.165, 1.54) is 24.0 Å². The maximum atomic E-state index is 5.78. The highest BCUT2D eigenvalue weighted by Gasteiger charge is 2.10. The maximum Gasteiger partial charge on any atom is 0.0535 e. The number of nitrogens with two attached hydrogens (primary N) is 1. The molecule has 1 aliphatic carbocycles. The average Bonchev–Trinajstić information content (AvgIpc) is 2.06. The lowest BCUT2D eigenvalue weighted by molar-refractivity contribution is 0.684. The minimum atomic E-state index is 0. The molecule has 0 fully saturated rings. The Morgan fingerprint density at radius 1 is 1.08 bits per heavy atom. The fraction of sp³-hybridized carbons (Fsp3) is 0.444. The summed E-state index contributed by atoms with van der Waals surface area (Å²) in [6.45, 7) is 0. The quantitative estimate of drug-likeness (QED) is 0.730. The summed E-state index contributed by atoms with van der Waals surface area (Å²) in [7, 11) is 0. The van der Waals surface area contributed by atoms with Gasteiger partial charge in [0.05, 0.1) is 11.9 Å². The van der Waals surface area contributed by atoms with Gasteiger partial charge >= 0.3 is 0 Å². The van der Waals surface area contributed by atoms with Crippen molar-refractivity contribution in [3.8, 4) is 0 Å². The molecule has 0 bridgehead atoms. The SMILES string of the molecule is Cl.Cl.Nc1cncc2c1CCCC2. The summed E-state index contributed by atoms with van der Waals surface area (Å²) in [5.41, 5.74) is 9.35. The van der Waals surface area contributed by atoms with Crippen LogP contribution in [0.3, 0.4) is 0 Å². The topological polar surface area (TPSA) is 38.9 Å². The Bertz CT molecular complexity index is 276. The number of nitrogen functional groups attached to an aromatic ring is 1. The molecule has 0 saturated heterocycles. The standard InChI is InChI=1S/C9H12N2.2ClH/c10-9-6-11-5-7-3-1-2-4-8(7)9;;/h5-6H,1-4,10H2;2*1H. The molecule has 1 aromatic rings. The highest BCUT2D eigenvalue weighted by atomic mass is 35.5. The fourth-order valence-corrected chi connectivity index (χ4v) is 1.69. The van der Waals surface area contributed by atoms with Gasteiger partial charge in [0, 0.05) is 6.20 Å².